The molecule has 9 heteroatoms. The van der Waals surface area contributed by atoms with Crippen LogP contribution in [0.4, 0.5) is 4.79 Å². The lowest BCUT2D eigenvalue weighted by Gasteiger charge is -2.35. The van der Waals surface area contributed by atoms with Gasteiger partial charge in [-0.2, -0.15) is 0 Å². The molecule has 0 fully saturated rings. The average molecular weight is 377 g/mol. The largest absolute Gasteiger partial charge is 0.467 e. The molecule has 8 nitrogen and oxygen atoms in total. The molecule has 3 rings (SSSR count). The Morgan fingerprint density at radius 2 is 2.27 bits per heavy atom. The third-order valence-corrected chi connectivity index (χ3v) is 5.60. The van der Waals surface area contributed by atoms with Crippen LogP contribution >= 0.6 is 11.3 Å². The number of hydrogen-bond acceptors (Lipinski definition) is 6. The maximum Gasteiger partial charge on any atom is 0.329 e. The number of ether oxygens (including phenoxy) is 1. The van der Waals surface area contributed by atoms with E-state index < -0.39 is 12.0 Å². The van der Waals surface area contributed by atoms with Gasteiger partial charge in [0.05, 0.1) is 42.9 Å². The quantitative estimate of drug-likeness (QED) is 0.824. The molecule has 1 aliphatic rings. The van der Waals surface area contributed by atoms with Crippen molar-refractivity contribution in [2.45, 2.75) is 45.3 Å². The van der Waals surface area contributed by atoms with Crippen molar-refractivity contribution in [1.82, 2.24) is 24.8 Å². The highest BCUT2D eigenvalue weighted by atomic mass is 32.1. The monoisotopic (exact) mass is 377 g/mol. The number of carbonyl (C=O) groups is 2. The highest BCUT2D eigenvalue weighted by Crippen LogP contribution is 2.24. The summed E-state index contributed by atoms with van der Waals surface area (Å²) >= 11 is 1.60. The number of fused-ring (bicyclic) bond motifs is 1. The van der Waals surface area contributed by atoms with E-state index in [1.807, 2.05) is 5.38 Å². The number of rotatable bonds is 4. The first-order valence-electron chi connectivity index (χ1n) is 8.45. The van der Waals surface area contributed by atoms with Crippen LogP contribution in [-0.2, 0) is 29.0 Å². The van der Waals surface area contributed by atoms with Crippen LogP contribution in [0, 0.1) is 0 Å². The molecule has 0 saturated carbocycles. The van der Waals surface area contributed by atoms with Gasteiger partial charge in [0.15, 0.2) is 0 Å². The number of amides is 2. The van der Waals surface area contributed by atoms with Crippen LogP contribution in [0.15, 0.2) is 11.7 Å². The minimum absolute atomic E-state index is 0.242. The number of hydrogen-bond donors (Lipinski definition) is 1. The first-order valence-corrected chi connectivity index (χ1v) is 9.33. The molecule has 0 spiro atoms. The second-order valence-electron chi connectivity index (χ2n) is 6.67. The van der Waals surface area contributed by atoms with Crippen LogP contribution < -0.4 is 0 Å². The van der Waals surface area contributed by atoms with E-state index in [4.69, 9.17) is 4.74 Å². The number of thiazole rings is 1. The highest BCUT2D eigenvalue weighted by Gasteiger charge is 2.38. The first kappa shape index (κ1) is 18.4. The molecule has 2 amide bonds. The summed E-state index contributed by atoms with van der Waals surface area (Å²) in [6, 6.07) is -0.905. The van der Waals surface area contributed by atoms with E-state index in [1.54, 1.807) is 29.6 Å². The normalized spacial score (nSPS) is 16.5. The van der Waals surface area contributed by atoms with E-state index in [9.17, 15) is 9.59 Å². The Kier molecular flexibility index (Phi) is 5.26. The zero-order valence-corrected chi connectivity index (χ0v) is 16.2. The molecule has 3 heterocycles. The molecule has 0 aliphatic carbocycles. The number of esters is 1. The molecule has 140 valence electrons. The fraction of sp³-hybridized carbons (Fsp3) is 0.529. The van der Waals surface area contributed by atoms with Gasteiger partial charge in [0, 0.05) is 30.5 Å². The Balaban J connectivity index is 1.76. The molecule has 1 atom stereocenters. The number of nitrogens with zero attached hydrogens (tertiary/aromatic N) is 4. The first-order chi connectivity index (χ1) is 12.4. The number of carbonyl (C=O) groups excluding carboxylic acids is 2. The highest BCUT2D eigenvalue weighted by molar-refractivity contribution is 7.09. The molecular weight excluding hydrogens is 354 g/mol. The van der Waals surface area contributed by atoms with E-state index in [0.717, 1.165) is 22.1 Å². The standard InChI is InChI=1S/C17H23N5O3S/c1-10(2)15-20-11(8-26-15)6-21(3)17(24)22-7-13-12(18-9-19-13)5-14(22)16(23)25-4/h8-10,14H,5-7H2,1-4H3,(H,18,19)/t14-/m0/s1. The van der Waals surface area contributed by atoms with Crippen molar-refractivity contribution in [3.8, 4) is 0 Å². The maximum atomic E-state index is 13.0. The van der Waals surface area contributed by atoms with E-state index in [-0.39, 0.29) is 12.6 Å². The lowest BCUT2D eigenvalue weighted by molar-refractivity contribution is -0.146. The Hall–Kier alpha value is -2.42. The number of urea groups is 1. The molecule has 2 aromatic rings. The lowest BCUT2D eigenvalue weighted by atomic mass is 10.0. The smallest absolute Gasteiger partial charge is 0.329 e. The summed E-state index contributed by atoms with van der Waals surface area (Å²) in [5.74, 6) is -0.0682. The summed E-state index contributed by atoms with van der Waals surface area (Å²) in [7, 11) is 3.05. The molecule has 1 aliphatic heterocycles. The van der Waals surface area contributed by atoms with Crippen molar-refractivity contribution in [2.24, 2.45) is 0 Å². The fourth-order valence-corrected chi connectivity index (χ4v) is 3.80. The van der Waals surface area contributed by atoms with E-state index >= 15 is 0 Å². The second kappa shape index (κ2) is 7.45. The Morgan fingerprint density at radius 1 is 1.50 bits per heavy atom. The van der Waals surface area contributed by atoms with Crippen LogP contribution in [0.25, 0.3) is 0 Å². The maximum absolute atomic E-state index is 13.0. The van der Waals surface area contributed by atoms with Gasteiger partial charge in [-0.05, 0) is 0 Å². The second-order valence-corrected chi connectivity index (χ2v) is 7.56. The van der Waals surface area contributed by atoms with E-state index in [2.05, 4.69) is 28.8 Å². The minimum Gasteiger partial charge on any atom is -0.467 e. The number of aromatic nitrogens is 3. The molecule has 26 heavy (non-hydrogen) atoms. The SMILES string of the molecule is COC(=O)[C@@H]1Cc2[nH]cnc2CN1C(=O)N(C)Cc1csc(C(C)C)n1. The molecule has 0 aromatic carbocycles. The summed E-state index contributed by atoms with van der Waals surface area (Å²) in [6.45, 7) is 4.84. The van der Waals surface area contributed by atoms with Crippen molar-refractivity contribution >= 4 is 23.3 Å². The average Bonchev–Trinajstić information content (AvgIpc) is 3.27. The molecule has 0 bridgehead atoms. The minimum atomic E-state index is -0.662. The third-order valence-electron chi connectivity index (χ3n) is 4.41. The zero-order chi connectivity index (χ0) is 18.8. The predicted molar refractivity (Wildman–Crippen MR) is 96.7 cm³/mol. The van der Waals surface area contributed by atoms with E-state index in [0.29, 0.717) is 18.9 Å². The van der Waals surface area contributed by atoms with Crippen molar-refractivity contribution in [1.29, 1.82) is 0 Å². The number of nitrogens with one attached hydrogen (secondary N) is 1. The van der Waals surface area contributed by atoms with Gasteiger partial charge in [-0.25, -0.2) is 19.6 Å². The van der Waals surface area contributed by atoms with Gasteiger partial charge in [0.1, 0.15) is 6.04 Å². The summed E-state index contributed by atoms with van der Waals surface area (Å²) in [6.07, 6.45) is 1.95. The van der Waals surface area contributed by atoms with E-state index in [1.165, 1.54) is 12.0 Å². The summed E-state index contributed by atoms with van der Waals surface area (Å²) < 4.78 is 4.89. The van der Waals surface area contributed by atoms with Gasteiger partial charge >= 0.3 is 12.0 Å². The van der Waals surface area contributed by atoms with Gasteiger partial charge in [0.25, 0.3) is 0 Å². The van der Waals surface area contributed by atoms with Crippen LogP contribution in [-0.4, -0.2) is 57.0 Å². The van der Waals surface area contributed by atoms with Crippen LogP contribution in [0.2, 0.25) is 0 Å². The third kappa shape index (κ3) is 3.57. The summed E-state index contributed by atoms with van der Waals surface area (Å²) in [5, 5.41) is 3.02. The van der Waals surface area contributed by atoms with Crippen LogP contribution in [0.5, 0.6) is 0 Å². The number of aromatic amines is 1. The fourth-order valence-electron chi connectivity index (χ4n) is 2.98. The Bertz CT molecular complexity index is 800. The molecule has 0 unspecified atom stereocenters. The summed E-state index contributed by atoms with van der Waals surface area (Å²) in [5.41, 5.74) is 2.50. The van der Waals surface area contributed by atoms with Gasteiger partial charge in [-0.3, -0.25) is 0 Å². The number of imidazole rings is 1. The molecule has 2 aromatic heterocycles. The Labute approximate surface area is 156 Å². The van der Waals surface area contributed by atoms with Gasteiger partial charge < -0.3 is 19.5 Å². The van der Waals surface area contributed by atoms with Gasteiger partial charge in [0.2, 0.25) is 0 Å². The molecule has 1 N–H and O–H groups in total. The van der Waals surface area contributed by atoms with Crippen LogP contribution in [0.3, 0.4) is 0 Å². The molecule has 0 radical (unpaired) electrons. The van der Waals surface area contributed by atoms with Crippen molar-refractivity contribution < 1.29 is 14.3 Å². The van der Waals surface area contributed by atoms with Gasteiger partial charge in [-0.15, -0.1) is 11.3 Å². The van der Waals surface area contributed by atoms with Gasteiger partial charge in [-0.1, -0.05) is 13.8 Å². The van der Waals surface area contributed by atoms with Crippen molar-refractivity contribution in [3.05, 3.63) is 33.8 Å². The topological polar surface area (TPSA) is 91.4 Å². The number of methoxy groups -OCH3 is 1. The summed E-state index contributed by atoms with van der Waals surface area (Å²) in [4.78, 5) is 40.1. The van der Waals surface area contributed by atoms with Crippen molar-refractivity contribution in [3.63, 3.8) is 0 Å². The molecular formula is C17H23N5O3S. The van der Waals surface area contributed by atoms with Crippen molar-refractivity contribution in [2.75, 3.05) is 14.2 Å². The van der Waals surface area contributed by atoms with Crippen LogP contribution in [0.1, 0.15) is 41.9 Å². The molecule has 0 saturated heterocycles. The lowest BCUT2D eigenvalue weighted by Crippen LogP contribution is -2.52. The Morgan fingerprint density at radius 3 is 2.92 bits per heavy atom. The number of H-pyrrole nitrogens is 1. The predicted octanol–water partition coefficient (Wildman–Crippen LogP) is 2.14. The zero-order valence-electron chi connectivity index (χ0n) is 15.4.